The second kappa shape index (κ2) is 6.59. The Kier molecular flexibility index (Phi) is 4.81. The second-order valence-corrected chi connectivity index (χ2v) is 5.37. The molecular weight excluding hydrogens is 288 g/mol. The summed E-state index contributed by atoms with van der Waals surface area (Å²) in [4.78, 5) is 10.7. The van der Waals surface area contributed by atoms with Crippen LogP contribution in [0, 0.1) is 17.0 Å². The van der Waals surface area contributed by atoms with Gasteiger partial charge in [-0.25, -0.2) is 0 Å². The minimum Gasteiger partial charge on any atom is -0.373 e. The van der Waals surface area contributed by atoms with Crippen molar-refractivity contribution < 1.29 is 4.92 Å². The van der Waals surface area contributed by atoms with Crippen molar-refractivity contribution in [2.75, 3.05) is 5.32 Å². The third kappa shape index (κ3) is 3.73. The first-order valence-electron chi connectivity index (χ1n) is 6.78. The predicted molar refractivity (Wildman–Crippen MR) is 85.9 cm³/mol. The van der Waals surface area contributed by atoms with E-state index < -0.39 is 4.92 Å². The second-order valence-electron chi connectivity index (χ2n) is 4.93. The number of aryl methyl sites for hydroxylation is 1. The molecule has 0 aliphatic heterocycles. The maximum atomic E-state index is 11.1. The van der Waals surface area contributed by atoms with Gasteiger partial charge in [-0.3, -0.25) is 10.1 Å². The summed E-state index contributed by atoms with van der Waals surface area (Å²) in [5.41, 5.74) is 2.75. The normalized spacial score (nSPS) is 12.0. The summed E-state index contributed by atoms with van der Waals surface area (Å²) in [6.07, 6.45) is 0.812. The molecule has 2 aromatic rings. The molecule has 1 atom stereocenters. The molecule has 0 saturated heterocycles. The Morgan fingerprint density at radius 3 is 2.48 bits per heavy atom. The lowest BCUT2D eigenvalue weighted by Gasteiger charge is -2.19. The monoisotopic (exact) mass is 304 g/mol. The fourth-order valence-corrected chi connectivity index (χ4v) is 2.36. The molecule has 0 heterocycles. The maximum absolute atomic E-state index is 11.1. The van der Waals surface area contributed by atoms with Crippen LogP contribution in [-0.2, 0) is 0 Å². The van der Waals surface area contributed by atoms with Crippen LogP contribution in [0.5, 0.6) is 0 Å². The number of halogens is 1. The highest BCUT2D eigenvalue weighted by Crippen LogP contribution is 2.32. The number of nitro benzene ring substituents is 1. The van der Waals surface area contributed by atoms with Crippen LogP contribution in [0.1, 0.15) is 30.5 Å². The van der Waals surface area contributed by atoms with Crippen LogP contribution in [-0.4, -0.2) is 4.92 Å². The van der Waals surface area contributed by atoms with Gasteiger partial charge in [-0.05, 0) is 31.0 Å². The van der Waals surface area contributed by atoms with E-state index in [0.717, 1.165) is 12.0 Å². The van der Waals surface area contributed by atoms with E-state index in [9.17, 15) is 10.1 Å². The number of nitro groups is 1. The van der Waals surface area contributed by atoms with Gasteiger partial charge in [-0.2, -0.15) is 0 Å². The average molecular weight is 305 g/mol. The van der Waals surface area contributed by atoms with E-state index in [1.165, 1.54) is 17.7 Å². The lowest BCUT2D eigenvalue weighted by molar-refractivity contribution is -0.384. The standard InChI is InChI=1S/C16H17ClN2O2/c1-3-14(12-6-4-11(2)5-7-12)18-15-10-13(17)8-9-16(15)19(20)21/h4-10,14,18H,3H2,1-2H3. The zero-order valence-electron chi connectivity index (χ0n) is 12.0. The maximum Gasteiger partial charge on any atom is 0.292 e. The summed E-state index contributed by atoms with van der Waals surface area (Å²) in [6, 6.07) is 12.7. The van der Waals surface area contributed by atoms with Gasteiger partial charge in [0.25, 0.3) is 5.69 Å². The van der Waals surface area contributed by atoms with Crippen molar-refractivity contribution in [3.05, 3.63) is 68.7 Å². The highest BCUT2D eigenvalue weighted by atomic mass is 35.5. The topological polar surface area (TPSA) is 55.2 Å². The van der Waals surface area contributed by atoms with E-state index in [2.05, 4.69) is 5.32 Å². The summed E-state index contributed by atoms with van der Waals surface area (Å²) in [6.45, 7) is 4.06. The van der Waals surface area contributed by atoms with E-state index in [1.54, 1.807) is 6.07 Å². The van der Waals surface area contributed by atoms with Crippen molar-refractivity contribution >= 4 is 23.0 Å². The van der Waals surface area contributed by atoms with Crippen molar-refractivity contribution in [3.8, 4) is 0 Å². The number of rotatable bonds is 5. The largest absolute Gasteiger partial charge is 0.373 e. The molecule has 0 amide bonds. The Bertz CT molecular complexity index is 641. The molecular formula is C16H17ClN2O2. The van der Waals surface area contributed by atoms with E-state index >= 15 is 0 Å². The van der Waals surface area contributed by atoms with Gasteiger partial charge in [0.2, 0.25) is 0 Å². The van der Waals surface area contributed by atoms with Gasteiger partial charge in [0.1, 0.15) is 5.69 Å². The molecule has 0 aliphatic rings. The first kappa shape index (κ1) is 15.3. The van der Waals surface area contributed by atoms with E-state index in [-0.39, 0.29) is 11.7 Å². The Morgan fingerprint density at radius 1 is 1.24 bits per heavy atom. The van der Waals surface area contributed by atoms with Gasteiger partial charge in [0.05, 0.1) is 11.0 Å². The average Bonchev–Trinajstić information content (AvgIpc) is 2.45. The summed E-state index contributed by atoms with van der Waals surface area (Å²) < 4.78 is 0. The molecule has 1 unspecified atom stereocenters. The molecule has 2 aromatic carbocycles. The number of hydrogen-bond donors (Lipinski definition) is 1. The van der Waals surface area contributed by atoms with Crippen LogP contribution in [0.4, 0.5) is 11.4 Å². The summed E-state index contributed by atoms with van der Waals surface area (Å²) in [5, 5.41) is 14.8. The minimum absolute atomic E-state index is 0.00256. The summed E-state index contributed by atoms with van der Waals surface area (Å²) >= 11 is 5.95. The highest BCUT2D eigenvalue weighted by Gasteiger charge is 2.17. The minimum atomic E-state index is -0.402. The number of hydrogen-bond acceptors (Lipinski definition) is 3. The molecule has 1 N–H and O–H groups in total. The number of nitrogens with one attached hydrogen (secondary N) is 1. The third-order valence-corrected chi connectivity index (χ3v) is 3.61. The van der Waals surface area contributed by atoms with Crippen molar-refractivity contribution in [1.82, 2.24) is 0 Å². The lowest BCUT2D eigenvalue weighted by atomic mass is 10.0. The van der Waals surface area contributed by atoms with Crippen LogP contribution in [0.2, 0.25) is 5.02 Å². The zero-order chi connectivity index (χ0) is 15.4. The Hall–Kier alpha value is -2.07. The van der Waals surface area contributed by atoms with E-state index in [1.807, 2.05) is 38.1 Å². The van der Waals surface area contributed by atoms with Gasteiger partial charge in [0, 0.05) is 11.1 Å². The van der Waals surface area contributed by atoms with Crippen LogP contribution in [0.15, 0.2) is 42.5 Å². The number of nitrogens with zero attached hydrogens (tertiary/aromatic N) is 1. The molecule has 4 nitrogen and oxygen atoms in total. The Labute approximate surface area is 128 Å². The predicted octanol–water partition coefficient (Wildman–Crippen LogP) is 5.12. The van der Waals surface area contributed by atoms with Crippen molar-refractivity contribution in [3.63, 3.8) is 0 Å². The number of benzene rings is 2. The highest BCUT2D eigenvalue weighted by molar-refractivity contribution is 6.31. The Balaban J connectivity index is 2.32. The lowest BCUT2D eigenvalue weighted by Crippen LogP contribution is -2.11. The molecule has 110 valence electrons. The van der Waals surface area contributed by atoms with Gasteiger partial charge in [-0.1, -0.05) is 48.4 Å². The fourth-order valence-electron chi connectivity index (χ4n) is 2.19. The quantitative estimate of drug-likeness (QED) is 0.616. The van der Waals surface area contributed by atoms with Gasteiger partial charge >= 0.3 is 0 Å². The van der Waals surface area contributed by atoms with Crippen molar-refractivity contribution in [1.29, 1.82) is 0 Å². The molecule has 0 aliphatic carbocycles. The van der Waals surface area contributed by atoms with Crippen LogP contribution < -0.4 is 5.32 Å². The molecule has 0 aromatic heterocycles. The molecule has 21 heavy (non-hydrogen) atoms. The molecule has 2 rings (SSSR count). The van der Waals surface area contributed by atoms with Crippen LogP contribution in [0.25, 0.3) is 0 Å². The Morgan fingerprint density at radius 2 is 1.90 bits per heavy atom. The molecule has 0 radical (unpaired) electrons. The third-order valence-electron chi connectivity index (χ3n) is 3.37. The van der Waals surface area contributed by atoms with Crippen molar-refractivity contribution in [2.24, 2.45) is 0 Å². The zero-order valence-corrected chi connectivity index (χ0v) is 12.7. The first-order valence-corrected chi connectivity index (χ1v) is 7.16. The van der Waals surface area contributed by atoms with Crippen LogP contribution in [0.3, 0.4) is 0 Å². The fraction of sp³-hybridized carbons (Fsp3) is 0.250. The summed E-state index contributed by atoms with van der Waals surface area (Å²) in [7, 11) is 0. The molecule has 0 saturated carbocycles. The van der Waals surface area contributed by atoms with Gasteiger partial charge in [-0.15, -0.1) is 0 Å². The molecule has 0 spiro atoms. The number of anilines is 1. The van der Waals surface area contributed by atoms with Crippen LogP contribution >= 0.6 is 11.6 Å². The van der Waals surface area contributed by atoms with E-state index in [0.29, 0.717) is 10.7 Å². The smallest absolute Gasteiger partial charge is 0.292 e. The molecule has 5 heteroatoms. The van der Waals surface area contributed by atoms with E-state index in [4.69, 9.17) is 11.6 Å². The van der Waals surface area contributed by atoms with Gasteiger partial charge in [0.15, 0.2) is 0 Å². The first-order chi connectivity index (χ1) is 10.0. The summed E-state index contributed by atoms with van der Waals surface area (Å²) in [5.74, 6) is 0. The van der Waals surface area contributed by atoms with Gasteiger partial charge < -0.3 is 5.32 Å². The molecule has 0 fully saturated rings. The molecule has 0 bridgehead atoms. The van der Waals surface area contributed by atoms with Crippen molar-refractivity contribution in [2.45, 2.75) is 26.3 Å². The SMILES string of the molecule is CCC(Nc1cc(Cl)ccc1[N+](=O)[O-])c1ccc(C)cc1.